The van der Waals surface area contributed by atoms with Crippen molar-refractivity contribution in [3.63, 3.8) is 0 Å². The minimum Gasteiger partial charge on any atom is -0.309 e. The normalized spacial score (nSPS) is 13.7. The summed E-state index contributed by atoms with van der Waals surface area (Å²) in [5, 5.41) is 1.51. The molecule has 6 aromatic carbocycles. The highest BCUT2D eigenvalue weighted by Gasteiger charge is 2.43. The van der Waals surface area contributed by atoms with Gasteiger partial charge in [-0.1, -0.05) is 91.0 Å². The molecule has 8 aromatic rings. The highest BCUT2D eigenvalue weighted by molar-refractivity contribution is 7.90. The maximum Gasteiger partial charge on any atom is 0.200 e. The average molecular weight is 823 g/mol. The van der Waals surface area contributed by atoms with Crippen molar-refractivity contribution in [1.82, 2.24) is 0 Å². The Morgan fingerprint density at radius 1 is 0.393 bits per heavy atom. The molecule has 0 amide bonds. The number of fused-ring (bicyclic) bond motifs is 6. The Balaban J connectivity index is 1.58. The molecule has 9 rings (SSSR count). The first-order chi connectivity index (χ1) is 26.9. The largest absolute Gasteiger partial charge is 0.309 e. The van der Waals surface area contributed by atoms with Crippen molar-refractivity contribution in [2.45, 2.75) is 0 Å². The van der Waals surface area contributed by atoms with Crippen LogP contribution in [0.3, 0.4) is 0 Å². The number of hydrogen-bond acceptors (Lipinski definition) is 3. The topological polar surface area (TPSA) is 17.1 Å². The van der Waals surface area contributed by atoms with Gasteiger partial charge in [0.2, 0.25) is 11.6 Å². The standard InChI is InChI=1S/C42H17F10OPS2/c43-29-27(30(44)34(48)37(51)33(29)47)23-16-21-25-26(22-17-24(56-42(22)41(21)55-23)28-31(45)35(49)38(52)36(50)32(28)46)40(19-12-6-2-7-13-19)54(53,20-14-8-3-9-15-20)39(25)18-10-4-1-5-11-18/h1-17H. The van der Waals surface area contributed by atoms with Gasteiger partial charge in [0.25, 0.3) is 0 Å². The van der Waals surface area contributed by atoms with Gasteiger partial charge in [-0.25, -0.2) is 43.9 Å². The zero-order valence-corrected chi connectivity index (χ0v) is 30.3. The molecule has 0 aliphatic carbocycles. The molecule has 0 atom stereocenters. The molecule has 2 aromatic heterocycles. The molecular formula is C42H17F10OPS2. The van der Waals surface area contributed by atoms with Gasteiger partial charge in [-0.3, -0.25) is 0 Å². The summed E-state index contributed by atoms with van der Waals surface area (Å²) in [6.07, 6.45) is 0. The maximum atomic E-state index is 16.5. The van der Waals surface area contributed by atoms with E-state index >= 15 is 22.1 Å². The van der Waals surface area contributed by atoms with Crippen molar-refractivity contribution in [2.24, 2.45) is 0 Å². The van der Waals surface area contributed by atoms with Gasteiger partial charge in [-0.2, -0.15) is 0 Å². The van der Waals surface area contributed by atoms with E-state index < -0.39 is 86.2 Å². The lowest BCUT2D eigenvalue weighted by molar-refractivity contribution is 0.381. The molecule has 278 valence electrons. The monoisotopic (exact) mass is 822 g/mol. The quantitative estimate of drug-likeness (QED) is 0.0731. The Bertz CT molecular complexity index is 2910. The molecule has 0 saturated carbocycles. The molecule has 3 heterocycles. The van der Waals surface area contributed by atoms with E-state index in [0.717, 1.165) is 0 Å². The number of halogens is 10. The van der Waals surface area contributed by atoms with Crippen molar-refractivity contribution in [3.05, 3.63) is 183 Å². The minimum atomic E-state index is -4.08. The molecule has 1 aliphatic heterocycles. The third kappa shape index (κ3) is 4.96. The molecule has 0 bridgehead atoms. The molecule has 14 heteroatoms. The summed E-state index contributed by atoms with van der Waals surface area (Å²) in [7, 11) is -4.08. The summed E-state index contributed by atoms with van der Waals surface area (Å²) in [6.45, 7) is 0. The first kappa shape index (κ1) is 36.2. The van der Waals surface area contributed by atoms with E-state index in [9.17, 15) is 26.3 Å². The van der Waals surface area contributed by atoms with Crippen LogP contribution in [0, 0.1) is 58.2 Å². The molecule has 56 heavy (non-hydrogen) atoms. The minimum absolute atomic E-state index is 0.0974. The van der Waals surface area contributed by atoms with E-state index in [4.69, 9.17) is 0 Å². The van der Waals surface area contributed by atoms with Gasteiger partial charge < -0.3 is 4.57 Å². The van der Waals surface area contributed by atoms with Crippen LogP contribution in [0.5, 0.6) is 0 Å². The van der Waals surface area contributed by atoms with Crippen molar-refractivity contribution >= 4 is 65.9 Å². The average Bonchev–Trinajstić information content (AvgIpc) is 3.92. The van der Waals surface area contributed by atoms with E-state index in [1.165, 1.54) is 12.1 Å². The summed E-state index contributed by atoms with van der Waals surface area (Å²) < 4.78 is 165. The summed E-state index contributed by atoms with van der Waals surface area (Å²) >= 11 is 1.16. The lowest BCUT2D eigenvalue weighted by Crippen LogP contribution is -2.26. The molecular weight excluding hydrogens is 806 g/mol. The second kappa shape index (κ2) is 13.0. The lowest BCUT2D eigenvalue weighted by atomic mass is 10.0. The van der Waals surface area contributed by atoms with Crippen LogP contribution in [0.25, 0.3) is 51.7 Å². The Hall–Kier alpha value is -5.49. The number of benzene rings is 6. The lowest BCUT2D eigenvalue weighted by Gasteiger charge is -2.22. The molecule has 0 saturated heterocycles. The van der Waals surface area contributed by atoms with Crippen molar-refractivity contribution in [1.29, 1.82) is 0 Å². The van der Waals surface area contributed by atoms with Gasteiger partial charge in [-0.15, -0.1) is 22.7 Å². The fraction of sp³-hybridized carbons (Fsp3) is 0. The van der Waals surface area contributed by atoms with Gasteiger partial charge in [0.1, 0.15) is 0 Å². The highest BCUT2D eigenvalue weighted by Crippen LogP contribution is 2.67. The van der Waals surface area contributed by atoms with Crippen molar-refractivity contribution in [3.8, 4) is 20.9 Å². The van der Waals surface area contributed by atoms with E-state index in [1.54, 1.807) is 91.0 Å². The van der Waals surface area contributed by atoms with Crippen molar-refractivity contribution < 1.29 is 48.5 Å². The van der Waals surface area contributed by atoms with Gasteiger partial charge in [-0.05, 0) is 23.3 Å². The third-order valence-corrected chi connectivity index (χ3v) is 15.4. The summed E-state index contributed by atoms with van der Waals surface area (Å²) in [4.78, 5) is -0.882. The van der Waals surface area contributed by atoms with E-state index in [2.05, 4.69) is 0 Å². The van der Waals surface area contributed by atoms with Gasteiger partial charge in [0.05, 0.1) is 20.5 Å². The smallest absolute Gasteiger partial charge is 0.200 e. The van der Waals surface area contributed by atoms with Crippen LogP contribution in [0.2, 0.25) is 0 Å². The third-order valence-electron chi connectivity index (χ3n) is 9.69. The number of thiophene rings is 2. The van der Waals surface area contributed by atoms with Crippen molar-refractivity contribution in [2.75, 3.05) is 0 Å². The van der Waals surface area contributed by atoms with Crippen LogP contribution in [0.1, 0.15) is 11.1 Å². The molecule has 0 fully saturated rings. The Morgan fingerprint density at radius 3 is 1.04 bits per heavy atom. The molecule has 1 aliphatic rings. The van der Waals surface area contributed by atoms with Crippen LogP contribution in [0.15, 0.2) is 103 Å². The fourth-order valence-corrected chi connectivity index (χ4v) is 13.3. The van der Waals surface area contributed by atoms with E-state index in [0.29, 0.717) is 39.1 Å². The van der Waals surface area contributed by atoms with Gasteiger partial charge in [0, 0.05) is 46.9 Å². The van der Waals surface area contributed by atoms with Crippen LogP contribution in [-0.4, -0.2) is 0 Å². The molecule has 1 nitrogen and oxygen atoms in total. The van der Waals surface area contributed by atoms with Crippen LogP contribution < -0.4 is 15.7 Å². The Morgan fingerprint density at radius 2 is 0.696 bits per heavy atom. The summed E-state index contributed by atoms with van der Waals surface area (Å²) in [5.74, 6) is -22.0. The SMILES string of the molecule is O=P1(c2ccccc2)C(c2ccccc2)=c2c(c3cc(-c4c(F)c(F)c(F)c(F)c4F)sc3c3sc(-c4c(F)c(F)c(F)c(F)c4F)cc23)=C1c1ccccc1. The Labute approximate surface area is 317 Å². The highest BCUT2D eigenvalue weighted by atomic mass is 32.1. The zero-order chi connectivity index (χ0) is 39.4. The van der Waals surface area contributed by atoms with E-state index in [-0.39, 0.29) is 41.2 Å². The fourth-order valence-electron chi connectivity index (χ4n) is 7.31. The van der Waals surface area contributed by atoms with Crippen LogP contribution in [0.4, 0.5) is 43.9 Å². The predicted molar refractivity (Wildman–Crippen MR) is 198 cm³/mol. The summed E-state index contributed by atoms with van der Waals surface area (Å²) in [5.41, 5.74) is -1.63. The van der Waals surface area contributed by atoms with Crippen LogP contribution >= 0.6 is 29.8 Å². The first-order valence-corrected chi connectivity index (χ1v) is 19.8. The summed E-state index contributed by atoms with van der Waals surface area (Å²) in [6, 6.07) is 27.7. The molecule has 0 N–H and O–H groups in total. The van der Waals surface area contributed by atoms with Crippen LogP contribution in [-0.2, 0) is 4.57 Å². The second-order valence-corrected chi connectivity index (χ2v) is 17.5. The van der Waals surface area contributed by atoms with Gasteiger partial charge in [0.15, 0.2) is 53.7 Å². The second-order valence-electron chi connectivity index (χ2n) is 12.7. The first-order valence-electron chi connectivity index (χ1n) is 16.4. The Kier molecular flexibility index (Phi) is 8.42. The molecule has 0 spiro atoms. The molecule has 0 unspecified atom stereocenters. The number of hydrogen-bond donors (Lipinski definition) is 0. The maximum absolute atomic E-state index is 16.5. The van der Waals surface area contributed by atoms with E-state index in [1.807, 2.05) is 0 Å². The predicted octanol–water partition coefficient (Wildman–Crippen LogP) is 11.9. The van der Waals surface area contributed by atoms with Gasteiger partial charge >= 0.3 is 0 Å². The zero-order valence-electron chi connectivity index (χ0n) is 27.8. The molecule has 0 radical (unpaired) electrons. The number of rotatable bonds is 5.